The fraction of sp³-hybridized carbons (Fsp3) is 1.00. The molecular formula is C12H27N. The van der Waals surface area contributed by atoms with Gasteiger partial charge in [0.05, 0.1) is 0 Å². The molecule has 1 nitrogen and oxygen atoms in total. The van der Waals surface area contributed by atoms with E-state index in [1.165, 1.54) is 32.1 Å². The molecule has 0 aliphatic carbocycles. The lowest BCUT2D eigenvalue weighted by Gasteiger charge is -2.15. The molecule has 0 saturated carbocycles. The normalized spacial score (nSPS) is 13.6. The first-order valence-corrected chi connectivity index (χ1v) is 5.90. The van der Waals surface area contributed by atoms with Crippen LogP contribution < -0.4 is 5.32 Å². The molecule has 0 spiro atoms. The highest BCUT2D eigenvalue weighted by molar-refractivity contribution is 4.61. The number of unbranched alkanes of at least 4 members (excludes halogenated alkanes) is 3. The average Bonchev–Trinajstić information content (AvgIpc) is 2.09. The Balaban J connectivity index is 3.15. The first kappa shape index (κ1) is 13.0. The van der Waals surface area contributed by atoms with Crippen LogP contribution in [0.4, 0.5) is 0 Å². The maximum absolute atomic E-state index is 3.56. The van der Waals surface area contributed by atoms with Gasteiger partial charge in [-0.05, 0) is 25.8 Å². The predicted octanol–water partition coefficient (Wildman–Crippen LogP) is 3.59. The molecule has 1 N–H and O–H groups in total. The zero-order chi connectivity index (χ0) is 10.1. The van der Waals surface area contributed by atoms with Crippen molar-refractivity contribution >= 4 is 0 Å². The minimum Gasteiger partial charge on any atom is -0.314 e. The van der Waals surface area contributed by atoms with Gasteiger partial charge in [0.1, 0.15) is 0 Å². The lowest BCUT2D eigenvalue weighted by atomic mass is 10.1. The fourth-order valence-corrected chi connectivity index (χ4v) is 1.42. The van der Waals surface area contributed by atoms with E-state index >= 15 is 0 Å². The third kappa shape index (κ3) is 9.88. The van der Waals surface area contributed by atoms with E-state index in [1.807, 2.05) is 0 Å². The fourth-order valence-electron chi connectivity index (χ4n) is 1.42. The number of hydrogen-bond acceptors (Lipinski definition) is 1. The van der Waals surface area contributed by atoms with Crippen LogP contribution in [-0.2, 0) is 0 Å². The third-order valence-corrected chi connectivity index (χ3v) is 2.37. The van der Waals surface area contributed by atoms with Gasteiger partial charge in [-0.1, -0.05) is 46.5 Å². The Bertz CT molecular complexity index is 99.3. The van der Waals surface area contributed by atoms with Crippen molar-refractivity contribution in [3.05, 3.63) is 0 Å². The molecular weight excluding hydrogens is 158 g/mol. The summed E-state index contributed by atoms with van der Waals surface area (Å²) in [6, 6.07) is 0.708. The van der Waals surface area contributed by atoms with Crippen LogP contribution in [0.1, 0.15) is 59.8 Å². The number of rotatable bonds is 8. The first-order valence-electron chi connectivity index (χ1n) is 5.90. The van der Waals surface area contributed by atoms with Crippen LogP contribution in [0.2, 0.25) is 0 Å². The van der Waals surface area contributed by atoms with Gasteiger partial charge < -0.3 is 5.32 Å². The van der Waals surface area contributed by atoms with E-state index in [9.17, 15) is 0 Å². The van der Waals surface area contributed by atoms with Crippen molar-refractivity contribution in [2.45, 2.75) is 65.8 Å². The summed E-state index contributed by atoms with van der Waals surface area (Å²) in [4.78, 5) is 0. The highest BCUT2D eigenvalue weighted by Gasteiger charge is 2.01. The highest BCUT2D eigenvalue weighted by atomic mass is 14.9. The molecule has 0 radical (unpaired) electrons. The summed E-state index contributed by atoms with van der Waals surface area (Å²) < 4.78 is 0. The highest BCUT2D eigenvalue weighted by Crippen LogP contribution is 2.05. The summed E-state index contributed by atoms with van der Waals surface area (Å²) in [6.07, 6.45) is 6.88. The Kier molecular flexibility index (Phi) is 8.53. The van der Waals surface area contributed by atoms with Crippen molar-refractivity contribution in [2.24, 2.45) is 5.92 Å². The molecule has 0 heterocycles. The van der Waals surface area contributed by atoms with Crippen molar-refractivity contribution in [3.8, 4) is 0 Å². The Morgan fingerprint density at radius 2 is 1.69 bits per heavy atom. The smallest absolute Gasteiger partial charge is 0.00388 e. The van der Waals surface area contributed by atoms with Gasteiger partial charge in [-0.3, -0.25) is 0 Å². The van der Waals surface area contributed by atoms with Crippen LogP contribution in [0.3, 0.4) is 0 Å². The van der Waals surface area contributed by atoms with Gasteiger partial charge in [-0.15, -0.1) is 0 Å². The second-order valence-corrected chi connectivity index (χ2v) is 4.55. The largest absolute Gasteiger partial charge is 0.314 e. The molecule has 1 unspecified atom stereocenters. The quantitative estimate of drug-likeness (QED) is 0.570. The van der Waals surface area contributed by atoms with Crippen LogP contribution in [0.15, 0.2) is 0 Å². The van der Waals surface area contributed by atoms with Gasteiger partial charge in [0.2, 0.25) is 0 Å². The van der Waals surface area contributed by atoms with E-state index in [0.29, 0.717) is 6.04 Å². The average molecular weight is 185 g/mol. The minimum atomic E-state index is 0.708. The summed E-state index contributed by atoms with van der Waals surface area (Å²) >= 11 is 0. The molecule has 0 bridgehead atoms. The minimum absolute atomic E-state index is 0.708. The summed E-state index contributed by atoms with van der Waals surface area (Å²) in [7, 11) is 0. The van der Waals surface area contributed by atoms with Crippen molar-refractivity contribution in [1.82, 2.24) is 5.32 Å². The lowest BCUT2D eigenvalue weighted by Crippen LogP contribution is -2.29. The topological polar surface area (TPSA) is 12.0 Å². The van der Waals surface area contributed by atoms with E-state index in [1.54, 1.807) is 0 Å². The number of hydrogen-bond donors (Lipinski definition) is 1. The van der Waals surface area contributed by atoms with Gasteiger partial charge in [0.25, 0.3) is 0 Å². The second-order valence-electron chi connectivity index (χ2n) is 4.55. The molecule has 80 valence electrons. The van der Waals surface area contributed by atoms with Crippen LogP contribution in [0.5, 0.6) is 0 Å². The molecule has 1 atom stereocenters. The van der Waals surface area contributed by atoms with Crippen LogP contribution >= 0.6 is 0 Å². The Hall–Kier alpha value is -0.0400. The van der Waals surface area contributed by atoms with E-state index in [-0.39, 0.29) is 0 Å². The van der Waals surface area contributed by atoms with E-state index in [2.05, 4.69) is 33.0 Å². The maximum atomic E-state index is 3.56. The Morgan fingerprint density at radius 3 is 2.23 bits per heavy atom. The van der Waals surface area contributed by atoms with E-state index < -0.39 is 0 Å². The monoisotopic (exact) mass is 185 g/mol. The van der Waals surface area contributed by atoms with Crippen LogP contribution in [-0.4, -0.2) is 12.6 Å². The summed E-state index contributed by atoms with van der Waals surface area (Å²) in [6.45, 7) is 10.2. The molecule has 0 aromatic heterocycles. The van der Waals surface area contributed by atoms with Crippen molar-refractivity contribution in [2.75, 3.05) is 6.54 Å². The first-order chi connectivity index (χ1) is 6.16. The van der Waals surface area contributed by atoms with E-state index in [0.717, 1.165) is 12.5 Å². The summed E-state index contributed by atoms with van der Waals surface area (Å²) in [5, 5.41) is 3.56. The van der Waals surface area contributed by atoms with Gasteiger partial charge in [-0.25, -0.2) is 0 Å². The molecule has 0 aromatic rings. The second kappa shape index (κ2) is 8.55. The molecule has 0 fully saturated rings. The van der Waals surface area contributed by atoms with Gasteiger partial charge in [-0.2, -0.15) is 0 Å². The standard InChI is InChI=1S/C12H27N/c1-5-6-7-8-9-12(4)13-10-11(2)3/h11-13H,5-10H2,1-4H3. The zero-order valence-corrected chi connectivity index (χ0v) is 9.90. The molecule has 0 aliphatic rings. The molecule has 1 heteroatoms. The molecule has 0 rings (SSSR count). The van der Waals surface area contributed by atoms with E-state index in [4.69, 9.17) is 0 Å². The molecule has 13 heavy (non-hydrogen) atoms. The van der Waals surface area contributed by atoms with Crippen molar-refractivity contribution in [3.63, 3.8) is 0 Å². The third-order valence-electron chi connectivity index (χ3n) is 2.37. The molecule has 0 saturated heterocycles. The lowest BCUT2D eigenvalue weighted by molar-refractivity contribution is 0.447. The summed E-state index contributed by atoms with van der Waals surface area (Å²) in [5.41, 5.74) is 0. The Morgan fingerprint density at radius 1 is 1.00 bits per heavy atom. The predicted molar refractivity (Wildman–Crippen MR) is 61.1 cm³/mol. The maximum Gasteiger partial charge on any atom is 0.00388 e. The Labute approximate surface area is 84.3 Å². The van der Waals surface area contributed by atoms with Crippen molar-refractivity contribution in [1.29, 1.82) is 0 Å². The van der Waals surface area contributed by atoms with Gasteiger partial charge in [0.15, 0.2) is 0 Å². The summed E-state index contributed by atoms with van der Waals surface area (Å²) in [5.74, 6) is 0.776. The molecule has 0 aromatic carbocycles. The van der Waals surface area contributed by atoms with Gasteiger partial charge in [0, 0.05) is 6.04 Å². The van der Waals surface area contributed by atoms with Crippen LogP contribution in [0.25, 0.3) is 0 Å². The number of nitrogens with one attached hydrogen (secondary N) is 1. The van der Waals surface area contributed by atoms with Crippen molar-refractivity contribution < 1.29 is 0 Å². The van der Waals surface area contributed by atoms with Crippen LogP contribution in [0, 0.1) is 5.92 Å². The SMILES string of the molecule is CCCCCCC(C)NCC(C)C. The zero-order valence-electron chi connectivity index (χ0n) is 9.90. The molecule has 0 aliphatic heterocycles. The van der Waals surface area contributed by atoms with Gasteiger partial charge >= 0.3 is 0 Å². The molecule has 0 amide bonds.